The summed E-state index contributed by atoms with van der Waals surface area (Å²) >= 11 is 0. The number of benzene rings is 4. The van der Waals surface area contributed by atoms with E-state index in [0.717, 1.165) is 12.8 Å². The van der Waals surface area contributed by atoms with Crippen LogP contribution in [0.1, 0.15) is 71.1 Å². The molecule has 0 atom stereocenters. The van der Waals surface area contributed by atoms with Gasteiger partial charge in [-0.1, -0.05) is 139 Å². The fourth-order valence-electron chi connectivity index (χ4n) is 5.70. The predicted molar refractivity (Wildman–Crippen MR) is 159 cm³/mol. The van der Waals surface area contributed by atoms with Gasteiger partial charge in [-0.2, -0.15) is 0 Å². The molecule has 0 aromatic heterocycles. The van der Waals surface area contributed by atoms with Crippen LogP contribution in [-0.2, 0) is 11.8 Å². The zero-order valence-electron chi connectivity index (χ0n) is 23.3. The van der Waals surface area contributed by atoms with E-state index in [0.29, 0.717) is 5.41 Å². The topological polar surface area (TPSA) is 0 Å². The highest BCUT2D eigenvalue weighted by Gasteiger charge is 2.27. The first-order valence-electron chi connectivity index (χ1n) is 13.5. The molecule has 0 heterocycles. The Kier molecular flexibility index (Phi) is 7.55. The van der Waals surface area contributed by atoms with Crippen molar-refractivity contribution in [3.63, 3.8) is 0 Å². The van der Waals surface area contributed by atoms with E-state index in [1.54, 1.807) is 0 Å². The number of hydrogen-bond donors (Lipinski definition) is 0. The molecule has 0 saturated carbocycles. The first-order chi connectivity index (χ1) is 17.1. The summed E-state index contributed by atoms with van der Waals surface area (Å²) in [5.41, 5.74) is 12.3. The van der Waals surface area contributed by atoms with Crippen LogP contribution >= 0.6 is 0 Å². The number of aryl methyl sites for hydroxylation is 2. The summed E-state index contributed by atoms with van der Waals surface area (Å²) in [6, 6.07) is 34.1. The van der Waals surface area contributed by atoms with Crippen molar-refractivity contribution >= 4 is 0 Å². The Hall–Kier alpha value is -3.12. The van der Waals surface area contributed by atoms with Gasteiger partial charge in [-0.3, -0.25) is 0 Å². The summed E-state index contributed by atoms with van der Waals surface area (Å²) in [6.45, 7) is 16.1. The molecule has 0 nitrogen and oxygen atoms in total. The maximum atomic E-state index is 2.36. The molecule has 0 aliphatic rings. The van der Waals surface area contributed by atoms with Crippen molar-refractivity contribution < 1.29 is 0 Å². The third-order valence-electron chi connectivity index (χ3n) is 7.22. The van der Waals surface area contributed by atoms with Crippen LogP contribution < -0.4 is 0 Å². The number of rotatable bonds is 7. The van der Waals surface area contributed by atoms with E-state index < -0.39 is 0 Å². The molecule has 0 amide bonds. The van der Waals surface area contributed by atoms with Gasteiger partial charge in [0, 0.05) is 0 Å². The first-order valence-corrected chi connectivity index (χ1v) is 13.5. The highest BCUT2D eigenvalue weighted by atomic mass is 14.3. The summed E-state index contributed by atoms with van der Waals surface area (Å²) in [5.74, 6) is 0. The smallest absolute Gasteiger partial charge is 0.00986 e. The molecule has 186 valence electrons. The lowest BCUT2D eigenvalue weighted by atomic mass is 9.72. The molecule has 36 heavy (non-hydrogen) atoms. The zero-order valence-corrected chi connectivity index (χ0v) is 23.3. The van der Waals surface area contributed by atoms with Crippen LogP contribution in [0.2, 0.25) is 0 Å². The second kappa shape index (κ2) is 10.5. The Morgan fingerprint density at radius 3 is 1.53 bits per heavy atom. The van der Waals surface area contributed by atoms with Crippen LogP contribution in [0.4, 0.5) is 0 Å². The highest BCUT2D eigenvalue weighted by molar-refractivity contribution is 5.75. The summed E-state index contributed by atoms with van der Waals surface area (Å²) in [6.07, 6.45) is 3.50. The van der Waals surface area contributed by atoms with Gasteiger partial charge in [-0.15, -0.1) is 0 Å². The van der Waals surface area contributed by atoms with E-state index in [-0.39, 0.29) is 5.41 Å². The van der Waals surface area contributed by atoms with Crippen molar-refractivity contribution in [2.75, 3.05) is 0 Å². The molecule has 0 unspecified atom stereocenters. The maximum Gasteiger partial charge on any atom is -0.00986 e. The minimum Gasteiger partial charge on any atom is -0.0651 e. The standard InChI is InChI=1S/C36H42/c1-8-9-27-10-12-31(13-11-27)34-23-20-32(24-26(34)2)30-16-14-28(15-17-30)29-18-21-33(22-19-29)36(6,7)25-35(3,4)5/h10-24H,8-9,25H2,1-7H3. The fraction of sp³-hybridized carbons (Fsp3) is 0.333. The Morgan fingerprint density at radius 1 is 0.556 bits per heavy atom. The monoisotopic (exact) mass is 474 g/mol. The maximum absolute atomic E-state index is 2.36. The molecule has 4 rings (SSSR count). The Morgan fingerprint density at radius 2 is 1.03 bits per heavy atom. The minimum absolute atomic E-state index is 0.169. The molecule has 4 aromatic carbocycles. The van der Waals surface area contributed by atoms with Gasteiger partial charge in [0.15, 0.2) is 0 Å². The highest BCUT2D eigenvalue weighted by Crippen LogP contribution is 2.37. The second-order valence-electron chi connectivity index (χ2n) is 12.3. The van der Waals surface area contributed by atoms with Crippen molar-refractivity contribution in [2.24, 2.45) is 5.41 Å². The van der Waals surface area contributed by atoms with E-state index in [1.807, 2.05) is 0 Å². The minimum atomic E-state index is 0.169. The van der Waals surface area contributed by atoms with Gasteiger partial charge in [-0.25, -0.2) is 0 Å². The van der Waals surface area contributed by atoms with Crippen molar-refractivity contribution in [3.8, 4) is 33.4 Å². The molecule has 0 aliphatic heterocycles. The van der Waals surface area contributed by atoms with Crippen LogP contribution in [-0.4, -0.2) is 0 Å². The molecule has 0 N–H and O–H groups in total. The van der Waals surface area contributed by atoms with Crippen molar-refractivity contribution in [2.45, 2.75) is 73.1 Å². The van der Waals surface area contributed by atoms with E-state index in [2.05, 4.69) is 139 Å². The van der Waals surface area contributed by atoms with Crippen LogP contribution in [0.25, 0.3) is 33.4 Å². The lowest BCUT2D eigenvalue weighted by Gasteiger charge is -2.33. The summed E-state index contributed by atoms with van der Waals surface area (Å²) in [5, 5.41) is 0. The van der Waals surface area contributed by atoms with Crippen LogP contribution in [0.3, 0.4) is 0 Å². The van der Waals surface area contributed by atoms with E-state index in [1.165, 1.54) is 56.5 Å². The quantitative estimate of drug-likeness (QED) is 0.250. The molecule has 0 heteroatoms. The first kappa shape index (κ1) is 26.0. The van der Waals surface area contributed by atoms with Gasteiger partial charge in [0.25, 0.3) is 0 Å². The summed E-state index contributed by atoms with van der Waals surface area (Å²) in [7, 11) is 0. The van der Waals surface area contributed by atoms with Gasteiger partial charge >= 0.3 is 0 Å². The van der Waals surface area contributed by atoms with Crippen LogP contribution in [0, 0.1) is 12.3 Å². The third-order valence-corrected chi connectivity index (χ3v) is 7.22. The fourth-order valence-corrected chi connectivity index (χ4v) is 5.70. The van der Waals surface area contributed by atoms with Crippen LogP contribution in [0.15, 0.2) is 91.0 Å². The summed E-state index contributed by atoms with van der Waals surface area (Å²) in [4.78, 5) is 0. The Labute approximate surface area is 219 Å². The summed E-state index contributed by atoms with van der Waals surface area (Å²) < 4.78 is 0. The third kappa shape index (κ3) is 6.16. The zero-order chi connectivity index (χ0) is 25.9. The van der Waals surface area contributed by atoms with E-state index in [4.69, 9.17) is 0 Å². The molecule has 0 fully saturated rings. The molecule has 4 aromatic rings. The van der Waals surface area contributed by atoms with Crippen LogP contribution in [0.5, 0.6) is 0 Å². The molecular formula is C36H42. The normalized spacial score (nSPS) is 12.1. The van der Waals surface area contributed by atoms with E-state index in [9.17, 15) is 0 Å². The Balaban J connectivity index is 1.51. The average molecular weight is 475 g/mol. The lowest BCUT2D eigenvalue weighted by Crippen LogP contribution is -2.24. The van der Waals surface area contributed by atoms with Crippen molar-refractivity contribution in [3.05, 3.63) is 108 Å². The SMILES string of the molecule is CCCc1ccc(-c2ccc(-c3ccc(-c4ccc(C(C)(C)CC(C)(C)C)cc4)cc3)cc2C)cc1. The molecule has 0 bridgehead atoms. The largest absolute Gasteiger partial charge is 0.0651 e. The predicted octanol–water partition coefficient (Wildman–Crippen LogP) is 10.7. The van der Waals surface area contributed by atoms with E-state index >= 15 is 0 Å². The van der Waals surface area contributed by atoms with Gasteiger partial charge in [-0.05, 0) is 80.7 Å². The number of hydrogen-bond acceptors (Lipinski definition) is 0. The molecule has 0 radical (unpaired) electrons. The van der Waals surface area contributed by atoms with Crippen molar-refractivity contribution in [1.82, 2.24) is 0 Å². The second-order valence-corrected chi connectivity index (χ2v) is 12.3. The molecular weight excluding hydrogens is 432 g/mol. The van der Waals surface area contributed by atoms with Gasteiger partial charge in [0.1, 0.15) is 0 Å². The van der Waals surface area contributed by atoms with Gasteiger partial charge in [0.05, 0.1) is 0 Å². The lowest BCUT2D eigenvalue weighted by molar-refractivity contribution is 0.284. The van der Waals surface area contributed by atoms with Gasteiger partial charge in [0.2, 0.25) is 0 Å². The molecule has 0 saturated heterocycles. The molecule has 0 spiro atoms. The average Bonchev–Trinajstić information content (AvgIpc) is 2.84. The Bertz CT molecular complexity index is 1280. The molecule has 0 aliphatic carbocycles. The van der Waals surface area contributed by atoms with Crippen molar-refractivity contribution in [1.29, 1.82) is 0 Å². The van der Waals surface area contributed by atoms with Gasteiger partial charge < -0.3 is 0 Å².